The van der Waals surface area contributed by atoms with Crippen LogP contribution in [0.4, 0.5) is 0 Å². The average Bonchev–Trinajstić information content (AvgIpc) is 2.24. The molecule has 0 radical (unpaired) electrons. The quantitative estimate of drug-likeness (QED) is 0.712. The second-order valence-electron chi connectivity index (χ2n) is 4.05. The van der Waals surface area contributed by atoms with Crippen molar-refractivity contribution in [1.82, 2.24) is 0 Å². The Labute approximate surface area is 84.2 Å². The van der Waals surface area contributed by atoms with Gasteiger partial charge in [-0.05, 0) is 18.4 Å². The smallest absolute Gasteiger partial charge is 0.115 e. The molecule has 0 aromatic heterocycles. The zero-order valence-electron chi connectivity index (χ0n) is 8.19. The molecule has 2 atom stereocenters. The van der Waals surface area contributed by atoms with Crippen LogP contribution in [0.3, 0.4) is 0 Å². The Kier molecular flexibility index (Phi) is 2.57. The third kappa shape index (κ3) is 1.56. The molecule has 0 aliphatic heterocycles. The van der Waals surface area contributed by atoms with Crippen molar-refractivity contribution in [3.05, 3.63) is 35.9 Å². The highest BCUT2D eigenvalue weighted by atomic mass is 16.3. The first-order valence-corrected chi connectivity index (χ1v) is 5.19. The van der Waals surface area contributed by atoms with E-state index in [4.69, 9.17) is 0 Å². The van der Waals surface area contributed by atoms with Gasteiger partial charge in [0.25, 0.3) is 0 Å². The minimum Gasteiger partial charge on any atom is -0.390 e. The molecule has 14 heavy (non-hydrogen) atoms. The van der Waals surface area contributed by atoms with Crippen molar-refractivity contribution >= 4 is 0 Å². The molecular formula is C12H16O2. The van der Waals surface area contributed by atoms with Crippen molar-refractivity contribution in [3.8, 4) is 0 Å². The maximum Gasteiger partial charge on any atom is 0.115 e. The van der Waals surface area contributed by atoms with Gasteiger partial charge in [0.15, 0.2) is 0 Å². The third-order valence-corrected chi connectivity index (χ3v) is 3.11. The SMILES string of the molecule is OC1CCCCC1(O)c1ccccc1. The summed E-state index contributed by atoms with van der Waals surface area (Å²) in [5, 5.41) is 20.2. The predicted octanol–water partition coefficient (Wildman–Crippen LogP) is 1.81. The van der Waals surface area contributed by atoms with E-state index in [-0.39, 0.29) is 0 Å². The molecule has 2 heteroatoms. The van der Waals surface area contributed by atoms with Crippen LogP contribution in [0.15, 0.2) is 30.3 Å². The first kappa shape index (κ1) is 9.69. The fourth-order valence-corrected chi connectivity index (χ4v) is 2.20. The lowest BCUT2D eigenvalue weighted by molar-refractivity contribution is -0.106. The van der Waals surface area contributed by atoms with Crippen LogP contribution >= 0.6 is 0 Å². The number of hydrogen-bond acceptors (Lipinski definition) is 2. The molecule has 2 N–H and O–H groups in total. The molecule has 1 aliphatic rings. The molecule has 1 saturated carbocycles. The number of hydrogen-bond donors (Lipinski definition) is 2. The Bertz CT molecular complexity index is 296. The molecule has 76 valence electrons. The molecular weight excluding hydrogens is 176 g/mol. The van der Waals surface area contributed by atoms with Gasteiger partial charge in [-0.2, -0.15) is 0 Å². The van der Waals surface area contributed by atoms with E-state index in [1.54, 1.807) is 0 Å². The van der Waals surface area contributed by atoms with Crippen LogP contribution < -0.4 is 0 Å². The summed E-state index contributed by atoms with van der Waals surface area (Å²) in [4.78, 5) is 0. The normalized spacial score (nSPS) is 32.9. The highest BCUT2D eigenvalue weighted by Gasteiger charge is 2.38. The van der Waals surface area contributed by atoms with Gasteiger partial charge in [0.05, 0.1) is 6.10 Å². The Hall–Kier alpha value is -0.860. The van der Waals surface area contributed by atoms with Crippen molar-refractivity contribution in [2.24, 2.45) is 0 Å². The zero-order valence-corrected chi connectivity index (χ0v) is 8.19. The molecule has 0 saturated heterocycles. The van der Waals surface area contributed by atoms with Crippen molar-refractivity contribution in [2.75, 3.05) is 0 Å². The van der Waals surface area contributed by atoms with E-state index < -0.39 is 11.7 Å². The van der Waals surface area contributed by atoms with Gasteiger partial charge >= 0.3 is 0 Å². The molecule has 1 aromatic carbocycles. The van der Waals surface area contributed by atoms with Crippen LogP contribution in [0.25, 0.3) is 0 Å². The van der Waals surface area contributed by atoms with E-state index in [1.165, 1.54) is 0 Å². The molecule has 0 spiro atoms. The molecule has 1 aromatic rings. The first-order valence-electron chi connectivity index (χ1n) is 5.19. The summed E-state index contributed by atoms with van der Waals surface area (Å²) in [6.07, 6.45) is 2.75. The Morgan fingerprint density at radius 1 is 1.14 bits per heavy atom. The summed E-state index contributed by atoms with van der Waals surface area (Å²) >= 11 is 0. The van der Waals surface area contributed by atoms with Crippen molar-refractivity contribution < 1.29 is 10.2 Å². The predicted molar refractivity (Wildman–Crippen MR) is 54.8 cm³/mol. The topological polar surface area (TPSA) is 40.5 Å². The van der Waals surface area contributed by atoms with Gasteiger partial charge in [0.1, 0.15) is 5.60 Å². The highest BCUT2D eigenvalue weighted by Crippen LogP contribution is 2.36. The van der Waals surface area contributed by atoms with Crippen molar-refractivity contribution in [1.29, 1.82) is 0 Å². The molecule has 1 aliphatic carbocycles. The number of benzene rings is 1. The Morgan fingerprint density at radius 3 is 2.50 bits per heavy atom. The molecule has 0 heterocycles. The third-order valence-electron chi connectivity index (χ3n) is 3.11. The van der Waals surface area contributed by atoms with E-state index in [0.717, 1.165) is 18.4 Å². The van der Waals surface area contributed by atoms with E-state index in [9.17, 15) is 10.2 Å². The Morgan fingerprint density at radius 2 is 1.86 bits per heavy atom. The molecule has 0 amide bonds. The molecule has 1 fully saturated rings. The lowest BCUT2D eigenvalue weighted by atomic mass is 9.77. The second-order valence-corrected chi connectivity index (χ2v) is 4.05. The van der Waals surface area contributed by atoms with Gasteiger partial charge in [-0.15, -0.1) is 0 Å². The summed E-state index contributed by atoms with van der Waals surface area (Å²) in [6, 6.07) is 9.48. The van der Waals surface area contributed by atoms with E-state index >= 15 is 0 Å². The van der Waals surface area contributed by atoms with Crippen molar-refractivity contribution in [2.45, 2.75) is 37.4 Å². The van der Waals surface area contributed by atoms with E-state index in [1.807, 2.05) is 30.3 Å². The van der Waals surface area contributed by atoms with Crippen molar-refractivity contribution in [3.63, 3.8) is 0 Å². The second kappa shape index (κ2) is 3.71. The molecule has 2 nitrogen and oxygen atoms in total. The van der Waals surface area contributed by atoms with Crippen LogP contribution in [0, 0.1) is 0 Å². The summed E-state index contributed by atoms with van der Waals surface area (Å²) in [6.45, 7) is 0. The lowest BCUT2D eigenvalue weighted by Gasteiger charge is -2.37. The van der Waals surface area contributed by atoms with Gasteiger partial charge in [0, 0.05) is 0 Å². The molecule has 0 bridgehead atoms. The maximum atomic E-state index is 10.4. The standard InChI is InChI=1S/C12H16O2/c13-11-8-4-5-9-12(11,14)10-6-2-1-3-7-10/h1-3,6-7,11,13-14H,4-5,8-9H2. The Balaban J connectivity index is 2.30. The molecule has 2 unspecified atom stereocenters. The van der Waals surface area contributed by atoms with Crippen LogP contribution in [-0.4, -0.2) is 16.3 Å². The summed E-state index contributed by atoms with van der Waals surface area (Å²) < 4.78 is 0. The average molecular weight is 192 g/mol. The molecule has 2 rings (SSSR count). The fraction of sp³-hybridized carbons (Fsp3) is 0.500. The van der Waals surface area contributed by atoms with E-state index in [2.05, 4.69) is 0 Å². The van der Waals surface area contributed by atoms with Crippen LogP contribution in [0.1, 0.15) is 31.2 Å². The zero-order chi connectivity index (χ0) is 10.0. The van der Waals surface area contributed by atoms with Gasteiger partial charge in [-0.25, -0.2) is 0 Å². The largest absolute Gasteiger partial charge is 0.390 e. The lowest BCUT2D eigenvalue weighted by Crippen LogP contribution is -2.41. The first-order chi connectivity index (χ1) is 6.73. The highest BCUT2D eigenvalue weighted by molar-refractivity contribution is 5.24. The van der Waals surface area contributed by atoms with Gasteiger partial charge in [0.2, 0.25) is 0 Å². The summed E-state index contributed by atoms with van der Waals surface area (Å²) in [5.41, 5.74) is -0.174. The van der Waals surface area contributed by atoms with Crippen LogP contribution in [0.2, 0.25) is 0 Å². The fourth-order valence-electron chi connectivity index (χ4n) is 2.20. The summed E-state index contributed by atoms with van der Waals surface area (Å²) in [5.74, 6) is 0. The summed E-state index contributed by atoms with van der Waals surface area (Å²) in [7, 11) is 0. The number of rotatable bonds is 1. The minimum absolute atomic E-state index is 0.612. The maximum absolute atomic E-state index is 10.4. The number of aliphatic hydroxyl groups is 2. The minimum atomic E-state index is -1.01. The number of aliphatic hydroxyl groups excluding tert-OH is 1. The van der Waals surface area contributed by atoms with Crippen LogP contribution in [-0.2, 0) is 5.60 Å². The van der Waals surface area contributed by atoms with E-state index in [0.29, 0.717) is 12.8 Å². The van der Waals surface area contributed by atoms with Crippen LogP contribution in [0.5, 0.6) is 0 Å². The van der Waals surface area contributed by atoms with Gasteiger partial charge in [-0.1, -0.05) is 43.2 Å². The monoisotopic (exact) mass is 192 g/mol. The van der Waals surface area contributed by atoms with Gasteiger partial charge < -0.3 is 10.2 Å². The van der Waals surface area contributed by atoms with Gasteiger partial charge in [-0.3, -0.25) is 0 Å².